The first-order valence-corrected chi connectivity index (χ1v) is 11.1. The van der Waals surface area contributed by atoms with Crippen molar-refractivity contribution in [1.82, 2.24) is 0 Å². The van der Waals surface area contributed by atoms with Crippen LogP contribution in [0.15, 0.2) is 71.8 Å². The van der Waals surface area contributed by atoms with Crippen molar-refractivity contribution in [3.05, 3.63) is 77.3 Å². The van der Waals surface area contributed by atoms with Gasteiger partial charge in [0.05, 0.1) is 19.4 Å². The first-order chi connectivity index (χ1) is 16.6. The highest BCUT2D eigenvalue weighted by atomic mass is 35.5. The summed E-state index contributed by atoms with van der Waals surface area (Å²) in [5.74, 6) is 1.63. The Kier molecular flexibility index (Phi) is 5.90. The molecule has 34 heavy (non-hydrogen) atoms. The van der Waals surface area contributed by atoms with Crippen LogP contribution in [0.3, 0.4) is 0 Å². The maximum absolute atomic E-state index is 13.0. The Morgan fingerprint density at radius 3 is 2.44 bits per heavy atom. The van der Waals surface area contributed by atoms with E-state index in [0.717, 1.165) is 16.9 Å². The summed E-state index contributed by atoms with van der Waals surface area (Å²) in [4.78, 5) is 14.9. The van der Waals surface area contributed by atoms with Crippen LogP contribution in [0.4, 0.5) is 11.4 Å². The molecule has 0 radical (unpaired) electrons. The minimum atomic E-state index is -0.527. The quantitative estimate of drug-likeness (QED) is 0.462. The summed E-state index contributed by atoms with van der Waals surface area (Å²) in [7, 11) is 1.61. The molecular weight excluding hydrogens is 458 g/mol. The molecule has 3 aromatic carbocycles. The summed E-state index contributed by atoms with van der Waals surface area (Å²) >= 11 is 6.13. The second-order valence-corrected chi connectivity index (χ2v) is 7.96. The molecule has 2 heterocycles. The number of rotatable bonds is 6. The predicted octanol–water partition coefficient (Wildman–Crippen LogP) is 4.98. The standard InChI is InChI=1S/C25H22ClN3O5/c1-3-32-25(30)23-27-29(19-7-5-17(26)6-8-19)24(16-4-13-21-22(14-16)34-15-33-21)28(23)18-9-11-20(31-2)12-10-18/h4-14,24H,3,15H2,1-2H3/t24-/m0/s1. The summed E-state index contributed by atoms with van der Waals surface area (Å²) in [6, 6.07) is 20.4. The van der Waals surface area contributed by atoms with Crippen LogP contribution in [0.5, 0.6) is 17.2 Å². The molecule has 3 aromatic rings. The van der Waals surface area contributed by atoms with E-state index in [4.69, 9.17) is 35.6 Å². The SMILES string of the molecule is CCOC(=O)C1=NN(c2ccc(Cl)cc2)[C@@H](c2ccc3c(c2)OCO3)N1c1ccc(OC)cc1. The number of halogens is 1. The van der Waals surface area contributed by atoms with Crippen molar-refractivity contribution in [1.29, 1.82) is 0 Å². The van der Waals surface area contributed by atoms with Gasteiger partial charge in [-0.3, -0.25) is 4.90 Å². The Hall–Kier alpha value is -3.91. The first kappa shape index (κ1) is 21.9. The minimum absolute atomic E-state index is 0.157. The van der Waals surface area contributed by atoms with E-state index < -0.39 is 12.1 Å². The first-order valence-electron chi connectivity index (χ1n) is 10.7. The molecule has 2 aliphatic rings. The average molecular weight is 480 g/mol. The molecule has 0 unspecified atom stereocenters. The molecule has 0 N–H and O–H groups in total. The van der Waals surface area contributed by atoms with Crippen LogP contribution in [0.1, 0.15) is 18.7 Å². The van der Waals surface area contributed by atoms with Gasteiger partial charge in [0.2, 0.25) is 12.6 Å². The number of fused-ring (bicyclic) bond motifs is 1. The van der Waals surface area contributed by atoms with Crippen molar-refractivity contribution >= 4 is 34.8 Å². The van der Waals surface area contributed by atoms with Gasteiger partial charge < -0.3 is 18.9 Å². The van der Waals surface area contributed by atoms with Gasteiger partial charge in [0.15, 0.2) is 17.7 Å². The Balaban J connectivity index is 1.67. The fourth-order valence-corrected chi connectivity index (χ4v) is 4.05. The van der Waals surface area contributed by atoms with E-state index in [2.05, 4.69) is 0 Å². The van der Waals surface area contributed by atoms with Crippen LogP contribution < -0.4 is 24.1 Å². The van der Waals surface area contributed by atoms with E-state index in [0.29, 0.717) is 22.3 Å². The molecule has 1 atom stereocenters. The van der Waals surface area contributed by atoms with Gasteiger partial charge in [-0.15, -0.1) is 5.10 Å². The number of ether oxygens (including phenoxy) is 4. The number of hydrogen-bond donors (Lipinski definition) is 0. The summed E-state index contributed by atoms with van der Waals surface area (Å²) < 4.78 is 21.8. The van der Waals surface area contributed by atoms with Crippen molar-refractivity contribution in [2.45, 2.75) is 13.1 Å². The molecule has 9 heteroatoms. The molecular formula is C25H22ClN3O5. The third-order valence-electron chi connectivity index (χ3n) is 5.50. The number of nitrogens with zero attached hydrogens (tertiary/aromatic N) is 3. The summed E-state index contributed by atoms with van der Waals surface area (Å²) in [6.07, 6.45) is -0.511. The summed E-state index contributed by atoms with van der Waals surface area (Å²) in [5.41, 5.74) is 2.34. The van der Waals surface area contributed by atoms with Gasteiger partial charge in [-0.05, 0) is 67.6 Å². The molecule has 0 aromatic heterocycles. The molecule has 8 nitrogen and oxygen atoms in total. The Morgan fingerprint density at radius 2 is 1.74 bits per heavy atom. The van der Waals surface area contributed by atoms with Gasteiger partial charge in [-0.2, -0.15) is 0 Å². The van der Waals surface area contributed by atoms with E-state index in [1.54, 1.807) is 31.2 Å². The molecule has 174 valence electrons. The Labute approximate surface area is 201 Å². The van der Waals surface area contributed by atoms with Crippen molar-refractivity contribution in [3.8, 4) is 17.2 Å². The lowest BCUT2D eigenvalue weighted by Gasteiger charge is -2.32. The van der Waals surface area contributed by atoms with Gasteiger partial charge in [0.25, 0.3) is 0 Å². The summed E-state index contributed by atoms with van der Waals surface area (Å²) in [6.45, 7) is 2.15. The zero-order valence-corrected chi connectivity index (χ0v) is 19.4. The summed E-state index contributed by atoms with van der Waals surface area (Å²) in [5, 5.41) is 7.08. The molecule has 5 rings (SSSR count). The normalized spacial score (nSPS) is 16.4. The zero-order chi connectivity index (χ0) is 23.7. The zero-order valence-electron chi connectivity index (χ0n) is 18.6. The van der Waals surface area contributed by atoms with E-state index in [-0.39, 0.29) is 19.2 Å². The van der Waals surface area contributed by atoms with E-state index >= 15 is 0 Å². The maximum Gasteiger partial charge on any atom is 0.376 e. The Morgan fingerprint density at radius 1 is 1.03 bits per heavy atom. The van der Waals surface area contributed by atoms with Crippen LogP contribution in [0.25, 0.3) is 0 Å². The number of hydrogen-bond acceptors (Lipinski definition) is 8. The highest BCUT2D eigenvalue weighted by Crippen LogP contribution is 2.43. The lowest BCUT2D eigenvalue weighted by Crippen LogP contribution is -2.39. The smallest absolute Gasteiger partial charge is 0.376 e. The van der Waals surface area contributed by atoms with Gasteiger partial charge in [-0.1, -0.05) is 17.7 Å². The van der Waals surface area contributed by atoms with Crippen molar-refractivity contribution in [3.63, 3.8) is 0 Å². The molecule has 0 bridgehead atoms. The molecule has 0 spiro atoms. The van der Waals surface area contributed by atoms with Crippen LogP contribution >= 0.6 is 11.6 Å². The minimum Gasteiger partial charge on any atom is -0.497 e. The number of methoxy groups -OCH3 is 1. The molecule has 0 aliphatic carbocycles. The Bertz CT molecular complexity index is 1230. The maximum atomic E-state index is 13.0. The van der Waals surface area contributed by atoms with Crippen LogP contribution in [0, 0.1) is 0 Å². The average Bonchev–Trinajstić information content (AvgIpc) is 3.49. The molecule has 0 amide bonds. The fraction of sp³-hybridized carbons (Fsp3) is 0.200. The third kappa shape index (κ3) is 3.97. The predicted molar refractivity (Wildman–Crippen MR) is 129 cm³/mol. The lowest BCUT2D eigenvalue weighted by molar-refractivity contribution is -0.135. The lowest BCUT2D eigenvalue weighted by atomic mass is 10.1. The second kappa shape index (κ2) is 9.15. The monoisotopic (exact) mass is 479 g/mol. The van der Waals surface area contributed by atoms with E-state index in [1.165, 1.54) is 0 Å². The van der Waals surface area contributed by atoms with Gasteiger partial charge in [-0.25, -0.2) is 9.80 Å². The van der Waals surface area contributed by atoms with Gasteiger partial charge in [0.1, 0.15) is 5.75 Å². The van der Waals surface area contributed by atoms with Gasteiger partial charge >= 0.3 is 5.97 Å². The number of anilines is 2. The van der Waals surface area contributed by atoms with E-state index in [1.807, 2.05) is 59.5 Å². The number of esters is 1. The van der Waals surface area contributed by atoms with Crippen LogP contribution in [0.2, 0.25) is 5.02 Å². The fourth-order valence-electron chi connectivity index (χ4n) is 3.93. The topological polar surface area (TPSA) is 72.8 Å². The van der Waals surface area contributed by atoms with Gasteiger partial charge in [0, 0.05) is 16.3 Å². The van der Waals surface area contributed by atoms with E-state index in [9.17, 15) is 4.79 Å². The van der Waals surface area contributed by atoms with Crippen molar-refractivity contribution in [2.24, 2.45) is 5.10 Å². The number of benzene rings is 3. The molecule has 0 saturated carbocycles. The highest BCUT2D eigenvalue weighted by molar-refractivity contribution is 6.42. The second-order valence-electron chi connectivity index (χ2n) is 7.52. The highest BCUT2D eigenvalue weighted by Gasteiger charge is 2.41. The molecule has 2 aliphatic heterocycles. The van der Waals surface area contributed by atoms with Crippen LogP contribution in [-0.4, -0.2) is 32.3 Å². The van der Waals surface area contributed by atoms with Crippen LogP contribution in [-0.2, 0) is 9.53 Å². The molecule has 0 saturated heterocycles. The number of hydrazone groups is 1. The number of carbonyl (C=O) groups is 1. The largest absolute Gasteiger partial charge is 0.497 e. The van der Waals surface area contributed by atoms with Crippen molar-refractivity contribution < 1.29 is 23.7 Å². The number of amidine groups is 1. The van der Waals surface area contributed by atoms with Crippen molar-refractivity contribution in [2.75, 3.05) is 30.4 Å². The number of carbonyl (C=O) groups excluding carboxylic acids is 1. The molecule has 0 fully saturated rings. The third-order valence-corrected chi connectivity index (χ3v) is 5.75.